The van der Waals surface area contributed by atoms with Gasteiger partial charge in [-0.2, -0.15) is 0 Å². The number of carbonyl (C=O) groups is 3. The van der Waals surface area contributed by atoms with Gasteiger partial charge in [0.1, 0.15) is 11.6 Å². The van der Waals surface area contributed by atoms with E-state index in [9.17, 15) is 14.4 Å². The number of ether oxygens (including phenoxy) is 2. The topological polar surface area (TPSA) is 97.0 Å². The molecule has 4 aliphatic heterocycles. The largest absolute Gasteiger partial charge is 0.376 e. The molecule has 5 heterocycles. The van der Waals surface area contributed by atoms with E-state index in [1.54, 1.807) is 16.2 Å². The molecular formula is C27H35N3O5S. The normalized spacial score (nSPS) is 37.5. The minimum Gasteiger partial charge on any atom is -0.376 e. The highest BCUT2D eigenvalue weighted by Crippen LogP contribution is 2.59. The fourth-order valence-corrected chi connectivity index (χ4v) is 7.70. The van der Waals surface area contributed by atoms with Crippen molar-refractivity contribution in [2.24, 2.45) is 11.8 Å². The Balaban J connectivity index is 1.30. The van der Waals surface area contributed by atoms with Gasteiger partial charge in [-0.1, -0.05) is 37.5 Å². The van der Waals surface area contributed by atoms with Crippen LogP contribution in [0.1, 0.15) is 56.7 Å². The SMILES string of the molecule is C[C@]12C=C[C@]3(O1)[C@H](C(=O)N(C[C@@H]1CCCO1)[C@@H]3C(=O)NC1CCCCC1)[C@@H]2C(=O)NCc1cccs1. The number of thiophene rings is 1. The Morgan fingerprint density at radius 1 is 1.14 bits per heavy atom. The molecule has 0 radical (unpaired) electrons. The number of amides is 3. The summed E-state index contributed by atoms with van der Waals surface area (Å²) in [6, 6.07) is 3.23. The second kappa shape index (κ2) is 9.26. The fourth-order valence-electron chi connectivity index (χ4n) is 7.06. The maximum Gasteiger partial charge on any atom is 0.246 e. The van der Waals surface area contributed by atoms with Gasteiger partial charge in [-0.15, -0.1) is 11.3 Å². The minimum atomic E-state index is -1.14. The third-order valence-corrected chi connectivity index (χ3v) is 9.60. The third-order valence-electron chi connectivity index (χ3n) is 8.72. The molecule has 36 heavy (non-hydrogen) atoms. The lowest BCUT2D eigenvalue weighted by Crippen LogP contribution is -2.57. The molecule has 1 aromatic rings. The van der Waals surface area contributed by atoms with Crippen molar-refractivity contribution in [2.45, 2.75) is 87.8 Å². The summed E-state index contributed by atoms with van der Waals surface area (Å²) in [5.41, 5.74) is -2.08. The maximum absolute atomic E-state index is 14.1. The lowest BCUT2D eigenvalue weighted by Gasteiger charge is -2.35. The van der Waals surface area contributed by atoms with E-state index in [0.29, 0.717) is 19.7 Å². The molecule has 1 spiro atoms. The number of fused-ring (bicyclic) bond motifs is 1. The number of carbonyl (C=O) groups excluding carboxylic acids is 3. The minimum absolute atomic E-state index is 0.1000. The van der Waals surface area contributed by atoms with Gasteiger partial charge in [0.25, 0.3) is 0 Å². The monoisotopic (exact) mass is 513 g/mol. The van der Waals surface area contributed by atoms with Crippen LogP contribution in [0, 0.1) is 11.8 Å². The van der Waals surface area contributed by atoms with Crippen molar-refractivity contribution in [3.8, 4) is 0 Å². The van der Waals surface area contributed by atoms with Gasteiger partial charge in [-0.25, -0.2) is 0 Å². The second-order valence-electron chi connectivity index (χ2n) is 11.1. The van der Waals surface area contributed by atoms with Crippen LogP contribution in [0.15, 0.2) is 29.7 Å². The van der Waals surface area contributed by atoms with Crippen LogP contribution >= 0.6 is 11.3 Å². The van der Waals surface area contributed by atoms with Crippen LogP contribution in [0.5, 0.6) is 0 Å². The predicted molar refractivity (Wildman–Crippen MR) is 134 cm³/mol. The van der Waals surface area contributed by atoms with E-state index in [4.69, 9.17) is 9.47 Å². The van der Waals surface area contributed by atoms with Crippen LogP contribution in [-0.4, -0.2) is 65.2 Å². The number of nitrogens with one attached hydrogen (secondary N) is 2. The molecule has 4 fully saturated rings. The van der Waals surface area contributed by atoms with E-state index >= 15 is 0 Å². The molecule has 194 valence electrons. The molecule has 3 amide bonds. The molecule has 0 unspecified atom stereocenters. The smallest absolute Gasteiger partial charge is 0.246 e. The lowest BCUT2D eigenvalue weighted by atomic mass is 9.70. The first-order chi connectivity index (χ1) is 17.4. The zero-order chi connectivity index (χ0) is 24.9. The van der Waals surface area contributed by atoms with Crippen molar-refractivity contribution in [3.05, 3.63) is 34.5 Å². The molecule has 6 atom stereocenters. The summed E-state index contributed by atoms with van der Waals surface area (Å²) in [7, 11) is 0. The molecule has 0 aromatic carbocycles. The number of rotatable bonds is 7. The van der Waals surface area contributed by atoms with E-state index < -0.39 is 29.1 Å². The first-order valence-electron chi connectivity index (χ1n) is 13.3. The van der Waals surface area contributed by atoms with Crippen LogP contribution in [-0.2, 0) is 30.4 Å². The average molecular weight is 514 g/mol. The summed E-state index contributed by atoms with van der Waals surface area (Å²) in [6.07, 6.45) is 10.8. The summed E-state index contributed by atoms with van der Waals surface area (Å²) in [5, 5.41) is 8.24. The Labute approximate surface area is 215 Å². The molecule has 2 N–H and O–H groups in total. The highest BCUT2D eigenvalue weighted by atomic mass is 32.1. The van der Waals surface area contributed by atoms with Gasteiger partial charge < -0.3 is 25.0 Å². The Hall–Kier alpha value is -2.23. The van der Waals surface area contributed by atoms with E-state index in [2.05, 4.69) is 10.6 Å². The van der Waals surface area contributed by atoms with E-state index in [1.807, 2.05) is 36.6 Å². The van der Waals surface area contributed by atoms with Crippen LogP contribution in [0.3, 0.4) is 0 Å². The van der Waals surface area contributed by atoms with Gasteiger partial charge in [-0.05, 0) is 44.1 Å². The molecule has 1 aliphatic carbocycles. The van der Waals surface area contributed by atoms with Crippen LogP contribution in [0.4, 0.5) is 0 Å². The Morgan fingerprint density at radius 3 is 2.69 bits per heavy atom. The van der Waals surface area contributed by atoms with Crippen molar-refractivity contribution in [1.29, 1.82) is 0 Å². The molecule has 2 bridgehead atoms. The van der Waals surface area contributed by atoms with Crippen molar-refractivity contribution in [1.82, 2.24) is 15.5 Å². The number of nitrogens with zero attached hydrogens (tertiary/aromatic N) is 1. The van der Waals surface area contributed by atoms with Gasteiger partial charge in [0.15, 0.2) is 0 Å². The van der Waals surface area contributed by atoms with E-state index in [1.165, 1.54) is 6.42 Å². The van der Waals surface area contributed by atoms with Crippen molar-refractivity contribution < 1.29 is 23.9 Å². The summed E-state index contributed by atoms with van der Waals surface area (Å²) in [5.74, 6) is -2.00. The van der Waals surface area contributed by atoms with Crippen LogP contribution < -0.4 is 10.6 Å². The molecule has 5 aliphatic rings. The van der Waals surface area contributed by atoms with Gasteiger partial charge in [0, 0.05) is 24.1 Å². The van der Waals surface area contributed by atoms with Crippen molar-refractivity contribution in [2.75, 3.05) is 13.2 Å². The first kappa shape index (κ1) is 24.1. The molecule has 6 rings (SSSR count). The predicted octanol–water partition coefficient (Wildman–Crippen LogP) is 2.53. The Morgan fingerprint density at radius 2 is 1.97 bits per heavy atom. The summed E-state index contributed by atoms with van der Waals surface area (Å²) >= 11 is 1.58. The van der Waals surface area contributed by atoms with E-state index in [-0.39, 0.29) is 29.9 Å². The van der Waals surface area contributed by atoms with Crippen molar-refractivity contribution in [3.63, 3.8) is 0 Å². The number of likely N-dealkylation sites (tertiary alicyclic amines) is 1. The number of hydrogen-bond acceptors (Lipinski definition) is 6. The van der Waals surface area contributed by atoms with Crippen molar-refractivity contribution >= 4 is 29.1 Å². The molecule has 9 heteroatoms. The highest BCUT2D eigenvalue weighted by molar-refractivity contribution is 7.09. The molecule has 1 aromatic heterocycles. The zero-order valence-corrected chi connectivity index (χ0v) is 21.6. The summed E-state index contributed by atoms with van der Waals surface area (Å²) in [4.78, 5) is 44.2. The van der Waals surface area contributed by atoms with Gasteiger partial charge in [0.05, 0.1) is 30.1 Å². The van der Waals surface area contributed by atoms with Gasteiger partial charge in [0.2, 0.25) is 17.7 Å². The summed E-state index contributed by atoms with van der Waals surface area (Å²) in [6.45, 7) is 3.28. The Kier molecular flexibility index (Phi) is 6.20. The molecule has 8 nitrogen and oxygen atoms in total. The van der Waals surface area contributed by atoms with Crippen LogP contribution in [0.2, 0.25) is 0 Å². The highest BCUT2D eigenvalue weighted by Gasteiger charge is 2.76. The Bertz CT molecular complexity index is 1050. The quantitative estimate of drug-likeness (QED) is 0.547. The van der Waals surface area contributed by atoms with E-state index in [0.717, 1.165) is 43.4 Å². The molecule has 3 saturated heterocycles. The van der Waals surface area contributed by atoms with Gasteiger partial charge >= 0.3 is 0 Å². The zero-order valence-electron chi connectivity index (χ0n) is 20.7. The lowest BCUT2D eigenvalue weighted by molar-refractivity contribution is -0.146. The first-order valence-corrected chi connectivity index (χ1v) is 14.2. The third kappa shape index (κ3) is 3.90. The fraction of sp³-hybridized carbons (Fsp3) is 0.667. The summed E-state index contributed by atoms with van der Waals surface area (Å²) < 4.78 is 12.4. The molecular weight excluding hydrogens is 478 g/mol. The maximum atomic E-state index is 14.1. The average Bonchev–Trinajstić information content (AvgIpc) is 3.67. The van der Waals surface area contributed by atoms with Gasteiger partial charge in [-0.3, -0.25) is 14.4 Å². The number of hydrogen-bond donors (Lipinski definition) is 2. The van der Waals surface area contributed by atoms with Crippen LogP contribution in [0.25, 0.3) is 0 Å². The molecule has 1 saturated carbocycles. The standard InChI is InChI=1S/C27H35N3O5S/c1-26-11-12-27(35-26)21(20(26)23(31)28-15-19-10-6-14-36-19)25(33)30(16-18-9-5-13-34-18)22(27)24(32)29-17-7-3-2-4-8-17/h6,10-12,14,17-18,20-22H,2-5,7-9,13,15-16H2,1H3,(H,28,31)(H,29,32)/t18-,20+,21-,22+,26+,27-/m0/s1. The second-order valence-corrected chi connectivity index (χ2v) is 12.1.